The monoisotopic (exact) mass is 297 g/mol. The summed E-state index contributed by atoms with van der Waals surface area (Å²) in [5.74, 6) is 0.175. The largest absolute Gasteiger partial charge is 0.379 e. The number of morpholine rings is 2. The van der Waals surface area contributed by atoms with Crippen LogP contribution in [0.4, 0.5) is 0 Å². The molecule has 2 unspecified atom stereocenters. The maximum atomic E-state index is 12.2. The number of rotatable bonds is 2. The molecule has 3 aliphatic heterocycles. The van der Waals surface area contributed by atoms with Crippen molar-refractivity contribution in [1.29, 1.82) is 0 Å². The van der Waals surface area contributed by atoms with Crippen molar-refractivity contribution in [2.24, 2.45) is 0 Å². The Hall–Kier alpha value is -0.690. The second-order valence-corrected chi connectivity index (χ2v) is 6.50. The molecule has 3 saturated heterocycles. The van der Waals surface area contributed by atoms with Crippen LogP contribution in [0, 0.1) is 0 Å². The molecule has 0 aromatic heterocycles. The average Bonchev–Trinajstić information content (AvgIpc) is 2.47. The smallest absolute Gasteiger partial charge is 0.222 e. The van der Waals surface area contributed by atoms with Crippen molar-refractivity contribution in [3.05, 3.63) is 0 Å². The van der Waals surface area contributed by atoms with E-state index in [0.29, 0.717) is 24.5 Å². The summed E-state index contributed by atoms with van der Waals surface area (Å²) in [4.78, 5) is 17.0. The lowest BCUT2D eigenvalue weighted by Gasteiger charge is -2.47. The van der Waals surface area contributed by atoms with Gasteiger partial charge in [0.25, 0.3) is 0 Å². The Labute approximate surface area is 126 Å². The molecule has 3 rings (SSSR count). The van der Waals surface area contributed by atoms with Crippen LogP contribution in [0.1, 0.15) is 26.7 Å². The molecule has 0 aromatic rings. The Morgan fingerprint density at radius 2 is 1.67 bits per heavy atom. The fourth-order valence-electron chi connectivity index (χ4n) is 3.82. The van der Waals surface area contributed by atoms with E-state index < -0.39 is 0 Å². The first kappa shape index (κ1) is 15.2. The highest BCUT2D eigenvalue weighted by Crippen LogP contribution is 2.24. The van der Waals surface area contributed by atoms with E-state index in [0.717, 1.165) is 45.9 Å². The summed E-state index contributed by atoms with van der Waals surface area (Å²) in [5, 5.41) is 3.17. The standard InChI is InChI=1S/C15H27N3O3/c1-11-9-20-5-3-17(11)13-7-14(16-15(19)8-13)18-4-6-21-10-12(18)2/h11-14H,3-10H2,1-2H3,(H,16,19)/t11-,12+,13?,14?/m1/s1. The van der Waals surface area contributed by atoms with Crippen molar-refractivity contribution in [2.75, 3.05) is 39.5 Å². The third-order valence-corrected chi connectivity index (χ3v) is 4.95. The minimum absolute atomic E-state index is 0.144. The first-order valence-electron chi connectivity index (χ1n) is 8.11. The van der Waals surface area contributed by atoms with Crippen molar-refractivity contribution in [3.8, 4) is 0 Å². The highest BCUT2D eigenvalue weighted by atomic mass is 16.5. The average molecular weight is 297 g/mol. The molecule has 0 aliphatic carbocycles. The summed E-state index contributed by atoms with van der Waals surface area (Å²) in [7, 11) is 0. The molecule has 3 heterocycles. The number of carbonyl (C=O) groups excluding carboxylic acids is 1. The maximum absolute atomic E-state index is 12.2. The summed E-state index contributed by atoms with van der Waals surface area (Å²) in [6.07, 6.45) is 1.75. The Morgan fingerprint density at radius 3 is 2.29 bits per heavy atom. The van der Waals surface area contributed by atoms with Gasteiger partial charge in [-0.25, -0.2) is 0 Å². The SMILES string of the molecule is C[C@@H]1COCCN1C1CC(=O)NC(N2CCOC[C@@H]2C)C1. The van der Waals surface area contributed by atoms with Gasteiger partial charge in [-0.05, 0) is 20.3 Å². The van der Waals surface area contributed by atoms with Crippen LogP contribution in [-0.4, -0.2) is 79.5 Å². The molecule has 0 aromatic carbocycles. The Bertz CT molecular complexity index is 347. The van der Waals surface area contributed by atoms with Gasteiger partial charge in [0.05, 0.1) is 32.6 Å². The van der Waals surface area contributed by atoms with Gasteiger partial charge in [-0.1, -0.05) is 0 Å². The molecule has 6 heteroatoms. The van der Waals surface area contributed by atoms with Gasteiger partial charge in [0.2, 0.25) is 5.91 Å². The molecule has 0 radical (unpaired) electrons. The zero-order valence-corrected chi connectivity index (χ0v) is 13.1. The van der Waals surface area contributed by atoms with Crippen LogP contribution in [0.5, 0.6) is 0 Å². The minimum Gasteiger partial charge on any atom is -0.379 e. The summed E-state index contributed by atoms with van der Waals surface area (Å²) < 4.78 is 11.0. The van der Waals surface area contributed by atoms with E-state index in [1.54, 1.807) is 0 Å². The normalized spacial score (nSPS) is 40.0. The molecule has 1 N–H and O–H groups in total. The van der Waals surface area contributed by atoms with Crippen LogP contribution in [0.3, 0.4) is 0 Å². The quantitative estimate of drug-likeness (QED) is 0.779. The van der Waals surface area contributed by atoms with E-state index in [1.807, 2.05) is 0 Å². The van der Waals surface area contributed by atoms with Gasteiger partial charge in [-0.3, -0.25) is 14.6 Å². The predicted molar refractivity (Wildman–Crippen MR) is 78.9 cm³/mol. The highest BCUT2D eigenvalue weighted by molar-refractivity contribution is 5.77. The first-order valence-corrected chi connectivity index (χ1v) is 8.11. The topological polar surface area (TPSA) is 54.0 Å². The molecule has 3 fully saturated rings. The number of carbonyl (C=O) groups is 1. The van der Waals surface area contributed by atoms with Gasteiger partial charge in [-0.15, -0.1) is 0 Å². The highest BCUT2D eigenvalue weighted by Gasteiger charge is 2.38. The third kappa shape index (κ3) is 3.39. The summed E-state index contributed by atoms with van der Waals surface area (Å²) in [5.41, 5.74) is 0. The number of amides is 1. The summed E-state index contributed by atoms with van der Waals surface area (Å²) >= 11 is 0. The molecule has 0 spiro atoms. The molecular formula is C15H27N3O3. The minimum atomic E-state index is 0.144. The van der Waals surface area contributed by atoms with E-state index >= 15 is 0 Å². The number of piperidine rings is 1. The van der Waals surface area contributed by atoms with E-state index in [1.165, 1.54) is 0 Å². The van der Waals surface area contributed by atoms with Crippen LogP contribution >= 0.6 is 0 Å². The Morgan fingerprint density at radius 1 is 1.05 bits per heavy atom. The van der Waals surface area contributed by atoms with Crippen molar-refractivity contribution in [2.45, 2.75) is 51.0 Å². The van der Waals surface area contributed by atoms with Crippen LogP contribution < -0.4 is 5.32 Å². The zero-order chi connectivity index (χ0) is 14.8. The second-order valence-electron chi connectivity index (χ2n) is 6.50. The lowest BCUT2D eigenvalue weighted by Crippen LogP contribution is -2.63. The third-order valence-electron chi connectivity index (χ3n) is 4.95. The molecule has 21 heavy (non-hydrogen) atoms. The molecular weight excluding hydrogens is 270 g/mol. The van der Waals surface area contributed by atoms with E-state index in [2.05, 4.69) is 29.0 Å². The zero-order valence-electron chi connectivity index (χ0n) is 13.1. The molecule has 0 bridgehead atoms. The van der Waals surface area contributed by atoms with Crippen molar-refractivity contribution in [1.82, 2.24) is 15.1 Å². The molecule has 6 nitrogen and oxygen atoms in total. The van der Waals surface area contributed by atoms with E-state index in [-0.39, 0.29) is 12.1 Å². The van der Waals surface area contributed by atoms with E-state index in [4.69, 9.17) is 9.47 Å². The summed E-state index contributed by atoms with van der Waals surface area (Å²) in [6, 6.07) is 1.10. The van der Waals surface area contributed by atoms with Crippen molar-refractivity contribution < 1.29 is 14.3 Å². The molecule has 0 saturated carbocycles. The van der Waals surface area contributed by atoms with Crippen LogP contribution in [0.15, 0.2) is 0 Å². The van der Waals surface area contributed by atoms with Gasteiger partial charge >= 0.3 is 0 Å². The van der Waals surface area contributed by atoms with Crippen LogP contribution in [0.2, 0.25) is 0 Å². The summed E-state index contributed by atoms with van der Waals surface area (Å²) in [6.45, 7) is 9.27. The van der Waals surface area contributed by atoms with Crippen molar-refractivity contribution >= 4 is 5.91 Å². The molecule has 3 aliphatic rings. The van der Waals surface area contributed by atoms with Gasteiger partial charge in [0.15, 0.2) is 0 Å². The first-order chi connectivity index (χ1) is 10.1. The molecule has 120 valence electrons. The maximum Gasteiger partial charge on any atom is 0.222 e. The number of hydrogen-bond acceptors (Lipinski definition) is 5. The number of nitrogens with zero attached hydrogens (tertiary/aromatic N) is 2. The van der Waals surface area contributed by atoms with Gasteiger partial charge < -0.3 is 14.8 Å². The Balaban J connectivity index is 1.67. The molecule has 4 atom stereocenters. The number of hydrogen-bond donors (Lipinski definition) is 1. The molecule has 1 amide bonds. The van der Waals surface area contributed by atoms with Crippen LogP contribution in [0.25, 0.3) is 0 Å². The lowest BCUT2D eigenvalue weighted by atomic mass is 9.97. The second kappa shape index (κ2) is 6.60. The van der Waals surface area contributed by atoms with Crippen LogP contribution in [-0.2, 0) is 14.3 Å². The van der Waals surface area contributed by atoms with E-state index in [9.17, 15) is 4.79 Å². The van der Waals surface area contributed by atoms with Gasteiger partial charge in [-0.2, -0.15) is 0 Å². The van der Waals surface area contributed by atoms with Gasteiger partial charge in [0.1, 0.15) is 0 Å². The predicted octanol–water partition coefficient (Wildman–Crippen LogP) is 0.0325. The Kier molecular flexibility index (Phi) is 4.78. The van der Waals surface area contributed by atoms with Gasteiger partial charge in [0, 0.05) is 37.6 Å². The van der Waals surface area contributed by atoms with Crippen molar-refractivity contribution in [3.63, 3.8) is 0 Å². The fourth-order valence-corrected chi connectivity index (χ4v) is 3.82. The number of ether oxygens (including phenoxy) is 2. The fraction of sp³-hybridized carbons (Fsp3) is 0.933. The number of nitrogens with one attached hydrogen (secondary N) is 1. The lowest BCUT2D eigenvalue weighted by molar-refractivity contribution is -0.132.